The smallest absolute Gasteiger partial charge is 0.225 e. The van der Waals surface area contributed by atoms with Gasteiger partial charge in [0.25, 0.3) is 0 Å². The number of nitrogens with zero attached hydrogens (tertiary/aromatic N) is 2. The normalized spacial score (nSPS) is 36.4. The fraction of sp³-hybridized carbons (Fsp3) is 0.650. The third kappa shape index (κ3) is 3.05. The molecule has 3 saturated heterocycles. The monoisotopic (exact) mass is 377 g/mol. The molecule has 27 heavy (non-hydrogen) atoms. The van der Waals surface area contributed by atoms with E-state index in [1.165, 1.54) is 6.07 Å². The lowest BCUT2D eigenvalue weighted by atomic mass is 9.86. The Bertz CT molecular complexity index is 757. The van der Waals surface area contributed by atoms with E-state index in [-0.39, 0.29) is 23.6 Å². The van der Waals surface area contributed by atoms with E-state index >= 15 is 0 Å². The molecule has 1 saturated carbocycles. The zero-order valence-electron chi connectivity index (χ0n) is 15.2. The van der Waals surface area contributed by atoms with Gasteiger partial charge in [-0.15, -0.1) is 0 Å². The van der Waals surface area contributed by atoms with Crippen molar-refractivity contribution in [3.05, 3.63) is 35.4 Å². The number of carbonyl (C=O) groups is 1. The highest BCUT2D eigenvalue weighted by molar-refractivity contribution is 5.81. The Morgan fingerprint density at radius 2 is 2.00 bits per heavy atom. The molecule has 1 aromatic carbocycles. The van der Waals surface area contributed by atoms with Crippen LogP contribution in [0.5, 0.6) is 0 Å². The van der Waals surface area contributed by atoms with Gasteiger partial charge in [-0.2, -0.15) is 0 Å². The highest BCUT2D eigenvalue weighted by atomic mass is 19.1. The van der Waals surface area contributed by atoms with E-state index in [0.29, 0.717) is 30.9 Å². The van der Waals surface area contributed by atoms with Crippen LogP contribution in [0.4, 0.5) is 8.78 Å². The molecule has 5 rings (SSSR count). The Kier molecular flexibility index (Phi) is 4.22. The maximum atomic E-state index is 14.1. The number of rotatable bonds is 3. The number of hydrogen-bond acceptors (Lipinski definition) is 4. The third-order valence-corrected chi connectivity index (χ3v) is 6.65. The summed E-state index contributed by atoms with van der Waals surface area (Å²) in [4.78, 5) is 16.7. The molecule has 4 fully saturated rings. The molecule has 3 heterocycles. The van der Waals surface area contributed by atoms with E-state index in [2.05, 4.69) is 4.90 Å². The molecule has 0 spiro atoms. The van der Waals surface area contributed by atoms with Crippen LogP contribution in [0.3, 0.4) is 0 Å². The molecule has 5 nitrogen and oxygen atoms in total. The first-order valence-corrected chi connectivity index (χ1v) is 9.88. The van der Waals surface area contributed by atoms with Crippen LogP contribution in [0.15, 0.2) is 18.2 Å². The molecule has 0 radical (unpaired) electrons. The zero-order valence-corrected chi connectivity index (χ0v) is 15.2. The van der Waals surface area contributed by atoms with Gasteiger partial charge < -0.3 is 15.4 Å². The molecule has 5 atom stereocenters. The minimum absolute atomic E-state index is 0.171. The number of amides is 1. The molecule has 3 aliphatic heterocycles. The second-order valence-corrected chi connectivity index (χ2v) is 8.51. The SMILES string of the molecule is NC1CC(N2CC3CN(C(=O)C4CC4)CC32)COC1c1cc(F)ccc1F. The number of fused-ring (bicyclic) bond motifs is 1. The molecular formula is C20H25F2N3O2. The van der Waals surface area contributed by atoms with E-state index in [1.54, 1.807) is 0 Å². The first-order chi connectivity index (χ1) is 13.0. The van der Waals surface area contributed by atoms with Crippen LogP contribution in [-0.2, 0) is 9.53 Å². The van der Waals surface area contributed by atoms with Crippen LogP contribution in [0.25, 0.3) is 0 Å². The quantitative estimate of drug-likeness (QED) is 0.871. The minimum atomic E-state index is -0.620. The molecule has 4 aliphatic rings. The van der Waals surface area contributed by atoms with Gasteiger partial charge in [0, 0.05) is 55.2 Å². The fourth-order valence-electron chi connectivity index (χ4n) is 4.99. The first-order valence-electron chi connectivity index (χ1n) is 9.88. The van der Waals surface area contributed by atoms with Gasteiger partial charge in [-0.05, 0) is 37.5 Å². The van der Waals surface area contributed by atoms with Crippen molar-refractivity contribution >= 4 is 5.91 Å². The van der Waals surface area contributed by atoms with Gasteiger partial charge in [-0.1, -0.05) is 0 Å². The largest absolute Gasteiger partial charge is 0.370 e. The summed E-state index contributed by atoms with van der Waals surface area (Å²) in [7, 11) is 0. The van der Waals surface area contributed by atoms with Crippen LogP contribution in [0.1, 0.15) is 30.9 Å². The Morgan fingerprint density at radius 3 is 2.74 bits per heavy atom. The molecule has 1 aliphatic carbocycles. The second-order valence-electron chi connectivity index (χ2n) is 8.51. The summed E-state index contributed by atoms with van der Waals surface area (Å²) in [5, 5.41) is 0. The number of likely N-dealkylation sites (tertiary alicyclic amines) is 2. The highest BCUT2D eigenvalue weighted by Gasteiger charge is 2.51. The summed E-state index contributed by atoms with van der Waals surface area (Å²) >= 11 is 0. The Morgan fingerprint density at radius 1 is 1.19 bits per heavy atom. The number of halogens is 2. The average Bonchev–Trinajstić information content (AvgIpc) is 3.42. The molecule has 7 heteroatoms. The molecule has 0 aromatic heterocycles. The predicted octanol–water partition coefficient (Wildman–Crippen LogP) is 1.67. The van der Waals surface area contributed by atoms with Gasteiger partial charge in [-0.3, -0.25) is 9.69 Å². The number of nitrogens with two attached hydrogens (primary N) is 1. The Hall–Kier alpha value is -1.57. The van der Waals surface area contributed by atoms with Gasteiger partial charge in [0.2, 0.25) is 5.91 Å². The van der Waals surface area contributed by atoms with Crippen LogP contribution in [0, 0.1) is 23.5 Å². The van der Waals surface area contributed by atoms with Crippen molar-refractivity contribution in [2.75, 3.05) is 26.2 Å². The van der Waals surface area contributed by atoms with E-state index in [1.807, 2.05) is 4.90 Å². The second kappa shape index (κ2) is 6.50. The highest BCUT2D eigenvalue weighted by Crippen LogP contribution is 2.40. The molecule has 146 valence electrons. The van der Waals surface area contributed by atoms with Gasteiger partial charge in [0.05, 0.1) is 6.61 Å². The lowest BCUT2D eigenvalue weighted by Crippen LogP contribution is -2.63. The number of hydrogen-bond donors (Lipinski definition) is 1. The maximum absolute atomic E-state index is 14.1. The summed E-state index contributed by atoms with van der Waals surface area (Å²) in [5.74, 6) is 0.167. The number of benzene rings is 1. The van der Waals surface area contributed by atoms with Crippen LogP contribution in [-0.4, -0.2) is 60.1 Å². The number of ether oxygens (including phenoxy) is 1. The summed E-state index contributed by atoms with van der Waals surface area (Å²) in [5.41, 5.74) is 6.49. The summed E-state index contributed by atoms with van der Waals surface area (Å²) < 4.78 is 33.5. The minimum Gasteiger partial charge on any atom is -0.370 e. The van der Waals surface area contributed by atoms with Gasteiger partial charge in [-0.25, -0.2) is 8.78 Å². The fourth-order valence-corrected chi connectivity index (χ4v) is 4.99. The van der Waals surface area contributed by atoms with Crippen molar-refractivity contribution in [3.8, 4) is 0 Å². The van der Waals surface area contributed by atoms with Crippen LogP contribution < -0.4 is 5.73 Å². The van der Waals surface area contributed by atoms with E-state index in [4.69, 9.17) is 10.5 Å². The van der Waals surface area contributed by atoms with Crippen molar-refractivity contribution in [1.29, 1.82) is 0 Å². The van der Waals surface area contributed by atoms with E-state index < -0.39 is 17.7 Å². The zero-order chi connectivity index (χ0) is 18.7. The molecule has 1 amide bonds. The molecule has 5 unspecified atom stereocenters. The first kappa shape index (κ1) is 17.5. The molecule has 2 N–H and O–H groups in total. The van der Waals surface area contributed by atoms with Crippen molar-refractivity contribution < 1.29 is 18.3 Å². The van der Waals surface area contributed by atoms with E-state index in [0.717, 1.165) is 44.6 Å². The standard InChI is InChI=1S/C20H25F2N3O2/c21-13-3-4-16(22)15(5-13)19-17(23)6-14(10-27-19)25-8-12-7-24(9-18(12)25)20(26)11-1-2-11/h3-5,11-12,14,17-19H,1-2,6-10,23H2. The van der Waals surface area contributed by atoms with Crippen LogP contribution in [0.2, 0.25) is 0 Å². The van der Waals surface area contributed by atoms with Gasteiger partial charge in [0.15, 0.2) is 0 Å². The predicted molar refractivity (Wildman–Crippen MR) is 94.7 cm³/mol. The van der Waals surface area contributed by atoms with Crippen molar-refractivity contribution in [3.63, 3.8) is 0 Å². The maximum Gasteiger partial charge on any atom is 0.225 e. The Labute approximate surface area is 157 Å². The Balaban J connectivity index is 1.22. The molecule has 1 aromatic rings. The lowest BCUT2D eigenvalue weighted by molar-refractivity contribution is -0.131. The van der Waals surface area contributed by atoms with E-state index in [9.17, 15) is 13.6 Å². The topological polar surface area (TPSA) is 58.8 Å². The molecular weight excluding hydrogens is 352 g/mol. The third-order valence-electron chi connectivity index (χ3n) is 6.65. The van der Waals surface area contributed by atoms with Crippen molar-refractivity contribution in [2.45, 2.75) is 43.5 Å². The van der Waals surface area contributed by atoms with Crippen LogP contribution >= 0.6 is 0 Å². The van der Waals surface area contributed by atoms with Gasteiger partial charge >= 0.3 is 0 Å². The summed E-state index contributed by atoms with van der Waals surface area (Å²) in [6, 6.07) is 3.57. The lowest BCUT2D eigenvalue weighted by Gasteiger charge is -2.50. The summed E-state index contributed by atoms with van der Waals surface area (Å²) in [6.45, 7) is 3.08. The van der Waals surface area contributed by atoms with Crippen molar-refractivity contribution in [2.24, 2.45) is 17.6 Å². The van der Waals surface area contributed by atoms with Crippen molar-refractivity contribution in [1.82, 2.24) is 9.80 Å². The number of carbonyl (C=O) groups excluding carboxylic acids is 1. The summed E-state index contributed by atoms with van der Waals surface area (Å²) in [6.07, 6.45) is 2.14. The van der Waals surface area contributed by atoms with Gasteiger partial charge in [0.1, 0.15) is 17.7 Å². The average molecular weight is 377 g/mol. The molecule has 0 bridgehead atoms.